The number of alkyl halides is 9. The van der Waals surface area contributed by atoms with Crippen LogP contribution in [0.5, 0.6) is 11.8 Å². The molecule has 0 saturated heterocycles. The number of hydrogen-bond donors (Lipinski definition) is 6. The van der Waals surface area contributed by atoms with Gasteiger partial charge in [-0.15, -0.1) is 0 Å². The van der Waals surface area contributed by atoms with E-state index < -0.39 is 68.0 Å². The zero-order chi connectivity index (χ0) is 38.7. The van der Waals surface area contributed by atoms with Crippen LogP contribution in [0.1, 0.15) is 44.7 Å². The normalized spacial score (nSPS) is 15.3. The van der Waals surface area contributed by atoms with E-state index in [9.17, 15) is 59.3 Å². The maximum absolute atomic E-state index is 12.8. The zero-order valence-corrected chi connectivity index (χ0v) is 27.6. The number of aromatic nitrogens is 2. The summed E-state index contributed by atoms with van der Waals surface area (Å²) in [6, 6.07) is 4.14. The summed E-state index contributed by atoms with van der Waals surface area (Å²) in [4.78, 5) is 30.6. The topological polar surface area (TPSA) is 167 Å². The van der Waals surface area contributed by atoms with Crippen molar-refractivity contribution < 1.29 is 68.8 Å². The highest BCUT2D eigenvalue weighted by atomic mass is 19.4. The van der Waals surface area contributed by atoms with Crippen molar-refractivity contribution in [1.29, 1.82) is 0 Å². The van der Waals surface area contributed by atoms with Crippen LogP contribution in [0, 0.1) is 10.8 Å². The number of carbonyl (C=O) groups is 2. The predicted molar refractivity (Wildman–Crippen MR) is 161 cm³/mol. The van der Waals surface area contributed by atoms with E-state index in [0.29, 0.717) is 11.1 Å². The van der Waals surface area contributed by atoms with Gasteiger partial charge in [0, 0.05) is 50.7 Å². The molecule has 1 fully saturated rings. The minimum atomic E-state index is -4.55. The van der Waals surface area contributed by atoms with Gasteiger partial charge in [0.05, 0.1) is 17.6 Å². The lowest BCUT2D eigenvalue weighted by atomic mass is 9.89. The predicted octanol–water partition coefficient (Wildman–Crippen LogP) is 4.75. The van der Waals surface area contributed by atoms with Crippen LogP contribution in [0.15, 0.2) is 36.7 Å². The van der Waals surface area contributed by atoms with Gasteiger partial charge in [-0.1, -0.05) is 20.8 Å². The Hall–Kier alpha value is -4.27. The number of amides is 4. The van der Waals surface area contributed by atoms with Crippen molar-refractivity contribution >= 4 is 12.1 Å². The number of halogens is 9. The van der Waals surface area contributed by atoms with E-state index >= 15 is 0 Å². The molecule has 4 amide bonds. The summed E-state index contributed by atoms with van der Waals surface area (Å²) in [5.74, 6) is -0.460. The molecular weight excluding hydrogens is 711 g/mol. The Bertz CT molecular complexity index is 1420. The Morgan fingerprint density at radius 2 is 1.16 bits per heavy atom. The molecule has 0 aliphatic heterocycles. The molecule has 2 aromatic heterocycles. The molecule has 1 aliphatic rings. The summed E-state index contributed by atoms with van der Waals surface area (Å²) in [5.41, 5.74) is -1.63. The number of pyridine rings is 2. The number of urea groups is 2. The average molecular weight is 751 g/mol. The standard InChI is InChI=1S/C15H17F6N3O3.C15H22F3N3O3/c16-14(17,18)8-27-11-5-9(1-4-22-11)6-23-12(26)24-7-10(25)13(2-3-13)15(19,20)21;1-14(2,3)11(22)8-21-13(23)20-7-10-4-5-19-12(6-10)24-9-15(16,17)18/h1,4-5,10,25H,2-3,6-8H2,(H2,23,24,26);4-6,11,22H,7-9H2,1-3H3,(H2,20,21,23)/t10-;11-/m11/s1. The third kappa shape index (κ3) is 16.1. The van der Waals surface area contributed by atoms with Gasteiger partial charge in [0.2, 0.25) is 11.8 Å². The van der Waals surface area contributed by atoms with Gasteiger partial charge in [0.15, 0.2) is 13.2 Å². The highest BCUT2D eigenvalue weighted by Crippen LogP contribution is 2.59. The lowest BCUT2D eigenvalue weighted by Crippen LogP contribution is -2.46. The molecule has 6 N–H and O–H groups in total. The Labute approximate surface area is 286 Å². The molecule has 0 bridgehead atoms. The fourth-order valence-electron chi connectivity index (χ4n) is 3.90. The molecule has 2 aromatic rings. The van der Waals surface area contributed by atoms with Gasteiger partial charge in [-0.3, -0.25) is 0 Å². The molecule has 12 nitrogen and oxygen atoms in total. The molecule has 0 radical (unpaired) electrons. The van der Waals surface area contributed by atoms with Gasteiger partial charge in [-0.05, 0) is 41.5 Å². The Morgan fingerprint density at radius 3 is 1.51 bits per heavy atom. The van der Waals surface area contributed by atoms with Crippen LogP contribution in [0.2, 0.25) is 0 Å². The van der Waals surface area contributed by atoms with Crippen LogP contribution in [0.25, 0.3) is 0 Å². The second kappa shape index (κ2) is 17.8. The van der Waals surface area contributed by atoms with Crippen molar-refractivity contribution in [3.05, 3.63) is 47.8 Å². The molecule has 21 heteroatoms. The average Bonchev–Trinajstić information content (AvgIpc) is 3.85. The van der Waals surface area contributed by atoms with Gasteiger partial charge in [-0.2, -0.15) is 39.5 Å². The van der Waals surface area contributed by atoms with Crippen LogP contribution in [0.3, 0.4) is 0 Å². The summed E-state index contributed by atoms with van der Waals surface area (Å²) in [6.45, 7) is 2.05. The fourth-order valence-corrected chi connectivity index (χ4v) is 3.90. The number of nitrogens with zero attached hydrogens (tertiary/aromatic N) is 2. The number of ether oxygens (including phenoxy) is 2. The lowest BCUT2D eigenvalue weighted by molar-refractivity contribution is -0.213. The van der Waals surface area contributed by atoms with Gasteiger partial charge in [-0.25, -0.2) is 19.6 Å². The monoisotopic (exact) mass is 750 g/mol. The number of nitrogens with one attached hydrogen (secondary N) is 4. The zero-order valence-electron chi connectivity index (χ0n) is 27.6. The van der Waals surface area contributed by atoms with E-state index in [2.05, 4.69) is 40.7 Å². The number of carbonyl (C=O) groups excluding carboxylic acids is 2. The van der Waals surface area contributed by atoms with Crippen molar-refractivity contribution in [3.8, 4) is 11.8 Å². The molecule has 288 valence electrons. The first-order chi connectivity index (χ1) is 23.4. The van der Waals surface area contributed by atoms with E-state index in [-0.39, 0.29) is 49.7 Å². The molecule has 0 spiro atoms. The maximum Gasteiger partial charge on any atom is 0.422 e. The molecule has 3 rings (SSSR count). The van der Waals surface area contributed by atoms with Crippen LogP contribution < -0.4 is 30.7 Å². The van der Waals surface area contributed by atoms with Gasteiger partial charge < -0.3 is 41.0 Å². The SMILES string of the molecule is CC(C)(C)[C@H](O)CNC(=O)NCc1ccnc(OCC(F)(F)F)c1.O=C(NCc1ccnc(OCC(F)(F)F)c1)NC[C@@H](O)C1(C(F)(F)F)CC1. The quantitative estimate of drug-likeness (QED) is 0.160. The first-order valence-electron chi connectivity index (χ1n) is 15.2. The van der Waals surface area contributed by atoms with Crippen molar-refractivity contribution in [2.45, 2.75) is 77.4 Å². The summed E-state index contributed by atoms with van der Waals surface area (Å²) >= 11 is 0. The van der Waals surface area contributed by atoms with Crippen molar-refractivity contribution in [3.63, 3.8) is 0 Å². The van der Waals surface area contributed by atoms with E-state index in [1.165, 1.54) is 30.6 Å². The lowest BCUT2D eigenvalue weighted by Gasteiger charge is -2.25. The maximum atomic E-state index is 12.8. The minimum absolute atomic E-state index is 0.0857. The van der Waals surface area contributed by atoms with E-state index in [0.717, 1.165) is 0 Å². The number of aliphatic hydroxyl groups is 2. The first-order valence-corrected chi connectivity index (χ1v) is 15.2. The largest absolute Gasteiger partial charge is 0.468 e. The van der Waals surface area contributed by atoms with Crippen LogP contribution in [-0.2, 0) is 13.1 Å². The summed E-state index contributed by atoms with van der Waals surface area (Å²) in [5, 5.41) is 29.0. The highest BCUT2D eigenvalue weighted by Gasteiger charge is 2.67. The molecule has 1 aliphatic carbocycles. The molecule has 2 heterocycles. The van der Waals surface area contributed by atoms with E-state index in [1.54, 1.807) is 6.07 Å². The van der Waals surface area contributed by atoms with Crippen molar-refractivity contribution in [1.82, 2.24) is 31.2 Å². The van der Waals surface area contributed by atoms with E-state index in [1.807, 2.05) is 20.8 Å². The Balaban J connectivity index is 0.000000356. The van der Waals surface area contributed by atoms with Crippen LogP contribution in [0.4, 0.5) is 49.1 Å². The molecule has 0 unspecified atom stereocenters. The molecule has 1 saturated carbocycles. The number of rotatable bonds is 13. The third-order valence-electron chi connectivity index (χ3n) is 7.17. The number of hydrogen-bond acceptors (Lipinski definition) is 8. The third-order valence-corrected chi connectivity index (χ3v) is 7.17. The summed E-state index contributed by atoms with van der Waals surface area (Å²) in [6.07, 6.45) is -13.9. The fraction of sp³-hybridized carbons (Fsp3) is 0.600. The molecular formula is C30H39F9N6O6. The van der Waals surface area contributed by atoms with Crippen molar-refractivity contribution in [2.75, 3.05) is 26.3 Å². The van der Waals surface area contributed by atoms with Crippen LogP contribution >= 0.6 is 0 Å². The highest BCUT2D eigenvalue weighted by molar-refractivity contribution is 5.74. The van der Waals surface area contributed by atoms with E-state index in [4.69, 9.17) is 0 Å². The summed E-state index contributed by atoms with van der Waals surface area (Å²) in [7, 11) is 0. The Kier molecular flexibility index (Phi) is 15.0. The van der Waals surface area contributed by atoms with Crippen molar-refractivity contribution in [2.24, 2.45) is 10.8 Å². The molecule has 2 atom stereocenters. The number of aliphatic hydroxyl groups excluding tert-OH is 2. The Morgan fingerprint density at radius 1 is 0.745 bits per heavy atom. The first kappa shape index (κ1) is 42.9. The molecule has 51 heavy (non-hydrogen) atoms. The second-order valence-electron chi connectivity index (χ2n) is 12.5. The van der Waals surface area contributed by atoms with Gasteiger partial charge in [0.25, 0.3) is 0 Å². The minimum Gasteiger partial charge on any atom is -0.468 e. The van der Waals surface area contributed by atoms with Crippen LogP contribution in [-0.4, -0.2) is 89.3 Å². The van der Waals surface area contributed by atoms with Gasteiger partial charge in [0.1, 0.15) is 0 Å². The second-order valence-corrected chi connectivity index (χ2v) is 12.5. The summed E-state index contributed by atoms with van der Waals surface area (Å²) < 4.78 is 120. The van der Waals surface area contributed by atoms with Gasteiger partial charge >= 0.3 is 30.6 Å². The smallest absolute Gasteiger partial charge is 0.422 e. The molecule has 0 aromatic carbocycles.